The maximum Gasteiger partial charge on any atom is 0.237 e. The number of nitrogens with two attached hydrogens (primary N) is 1. The minimum absolute atomic E-state index is 0.0557. The molecule has 4 heteroatoms. The van der Waals surface area contributed by atoms with E-state index in [1.807, 2.05) is 24.3 Å². The maximum atomic E-state index is 12.5. The van der Waals surface area contributed by atoms with Crippen LogP contribution in [0.1, 0.15) is 51.0 Å². The summed E-state index contributed by atoms with van der Waals surface area (Å²) < 4.78 is 0. The summed E-state index contributed by atoms with van der Waals surface area (Å²) in [7, 11) is 0. The van der Waals surface area contributed by atoms with Crippen molar-refractivity contribution in [2.45, 2.75) is 45.4 Å². The normalized spacial score (nSPS) is 17.1. The Morgan fingerprint density at radius 2 is 1.80 bits per heavy atom. The second kappa shape index (κ2) is 5.92. The van der Waals surface area contributed by atoms with Gasteiger partial charge in [0, 0.05) is 5.69 Å². The molecule has 0 atom stereocenters. The van der Waals surface area contributed by atoms with Crippen LogP contribution in [0.25, 0.3) is 0 Å². The van der Waals surface area contributed by atoms with Crippen LogP contribution in [0.5, 0.6) is 0 Å². The molecule has 20 heavy (non-hydrogen) atoms. The number of amides is 1. The summed E-state index contributed by atoms with van der Waals surface area (Å²) in [4.78, 5) is 12.8. The van der Waals surface area contributed by atoms with Crippen LogP contribution in [-0.4, -0.2) is 10.9 Å². The fourth-order valence-corrected chi connectivity index (χ4v) is 3.06. The zero-order valence-corrected chi connectivity index (χ0v) is 12.9. The lowest BCUT2D eigenvalue weighted by Gasteiger charge is -2.26. The van der Waals surface area contributed by atoms with Gasteiger partial charge >= 0.3 is 0 Å². The van der Waals surface area contributed by atoms with Crippen LogP contribution in [0.3, 0.4) is 0 Å². The summed E-state index contributed by atoms with van der Waals surface area (Å²) in [5.41, 5.74) is 7.24. The Bertz CT molecular complexity index is 502. The molecule has 1 aromatic rings. The van der Waals surface area contributed by atoms with E-state index in [4.69, 9.17) is 18.0 Å². The molecule has 0 saturated heterocycles. The number of carbonyl (C=O) groups excluding carboxylic acids is 1. The number of rotatable bonds is 4. The molecule has 108 valence electrons. The molecular formula is C16H22N2OS. The third kappa shape index (κ3) is 2.85. The molecule has 0 bridgehead atoms. The minimum atomic E-state index is -0.647. The van der Waals surface area contributed by atoms with E-state index in [0.717, 1.165) is 31.4 Å². The molecule has 1 saturated carbocycles. The highest BCUT2D eigenvalue weighted by molar-refractivity contribution is 7.80. The summed E-state index contributed by atoms with van der Waals surface area (Å²) in [6.07, 6.45) is 3.55. The predicted octanol–water partition coefficient (Wildman–Crippen LogP) is 3.60. The Balaban J connectivity index is 2.12. The van der Waals surface area contributed by atoms with Crippen LogP contribution in [0.2, 0.25) is 0 Å². The first-order valence-corrected chi connectivity index (χ1v) is 7.58. The van der Waals surface area contributed by atoms with Crippen molar-refractivity contribution in [2.24, 2.45) is 11.1 Å². The molecule has 1 aliphatic rings. The van der Waals surface area contributed by atoms with Gasteiger partial charge in [-0.15, -0.1) is 0 Å². The molecule has 1 aliphatic carbocycles. The maximum absolute atomic E-state index is 12.5. The molecule has 1 amide bonds. The zero-order chi connectivity index (χ0) is 14.8. The van der Waals surface area contributed by atoms with Gasteiger partial charge in [-0.05, 0) is 36.5 Å². The van der Waals surface area contributed by atoms with Crippen LogP contribution >= 0.6 is 12.2 Å². The van der Waals surface area contributed by atoms with E-state index in [1.54, 1.807) is 0 Å². The van der Waals surface area contributed by atoms with Crippen molar-refractivity contribution >= 4 is 28.8 Å². The van der Waals surface area contributed by atoms with Gasteiger partial charge in [0.2, 0.25) is 5.91 Å². The predicted molar refractivity (Wildman–Crippen MR) is 86.8 cm³/mol. The highest BCUT2D eigenvalue weighted by atomic mass is 32.1. The molecule has 0 unspecified atom stereocenters. The van der Waals surface area contributed by atoms with E-state index in [-0.39, 0.29) is 5.91 Å². The van der Waals surface area contributed by atoms with Crippen molar-refractivity contribution in [2.75, 3.05) is 5.32 Å². The van der Waals surface area contributed by atoms with Crippen molar-refractivity contribution in [3.05, 3.63) is 29.8 Å². The summed E-state index contributed by atoms with van der Waals surface area (Å²) >= 11 is 5.13. The Morgan fingerprint density at radius 1 is 1.25 bits per heavy atom. The largest absolute Gasteiger partial charge is 0.392 e. The van der Waals surface area contributed by atoms with Gasteiger partial charge in [-0.25, -0.2) is 0 Å². The molecule has 3 N–H and O–H groups in total. The van der Waals surface area contributed by atoms with E-state index in [0.29, 0.717) is 10.9 Å². The average molecular weight is 290 g/mol. The summed E-state index contributed by atoms with van der Waals surface area (Å²) in [6, 6.07) is 7.97. The lowest BCUT2D eigenvalue weighted by Crippen LogP contribution is -2.43. The number of hydrogen-bond donors (Lipinski definition) is 2. The number of anilines is 1. The topological polar surface area (TPSA) is 55.1 Å². The number of carbonyl (C=O) groups is 1. The van der Waals surface area contributed by atoms with Gasteiger partial charge in [0.25, 0.3) is 0 Å². The third-order valence-corrected chi connectivity index (χ3v) is 4.59. The first kappa shape index (κ1) is 15.0. The Hall–Kier alpha value is -1.42. The highest BCUT2D eigenvalue weighted by Gasteiger charge is 2.43. The number of hydrogen-bond acceptors (Lipinski definition) is 2. The van der Waals surface area contributed by atoms with Crippen molar-refractivity contribution in [1.29, 1.82) is 0 Å². The van der Waals surface area contributed by atoms with Crippen LogP contribution in [0, 0.1) is 5.41 Å². The second-order valence-electron chi connectivity index (χ2n) is 5.88. The van der Waals surface area contributed by atoms with Crippen molar-refractivity contribution < 1.29 is 4.79 Å². The Labute approximate surface area is 125 Å². The van der Waals surface area contributed by atoms with Gasteiger partial charge in [0.05, 0.1) is 10.4 Å². The molecule has 3 nitrogen and oxygen atoms in total. The summed E-state index contributed by atoms with van der Waals surface area (Å²) in [5.74, 6) is 0.428. The zero-order valence-electron chi connectivity index (χ0n) is 12.1. The van der Waals surface area contributed by atoms with Crippen LogP contribution < -0.4 is 11.1 Å². The van der Waals surface area contributed by atoms with E-state index in [9.17, 15) is 4.79 Å². The van der Waals surface area contributed by atoms with Gasteiger partial charge in [0.1, 0.15) is 0 Å². The minimum Gasteiger partial charge on any atom is -0.392 e. The van der Waals surface area contributed by atoms with E-state index < -0.39 is 5.41 Å². The molecule has 0 aromatic heterocycles. The van der Waals surface area contributed by atoms with Gasteiger partial charge in [-0.1, -0.05) is 51.0 Å². The fraction of sp³-hybridized carbons (Fsp3) is 0.500. The summed E-state index contributed by atoms with van der Waals surface area (Å²) in [5, 5.41) is 2.97. The van der Waals surface area contributed by atoms with E-state index in [2.05, 4.69) is 19.2 Å². The second-order valence-corrected chi connectivity index (χ2v) is 6.32. The molecule has 1 aromatic carbocycles. The monoisotopic (exact) mass is 290 g/mol. The molecule has 1 fully saturated rings. The quantitative estimate of drug-likeness (QED) is 0.833. The molecule has 0 heterocycles. The van der Waals surface area contributed by atoms with Gasteiger partial charge in [0.15, 0.2) is 0 Å². The van der Waals surface area contributed by atoms with E-state index in [1.165, 1.54) is 5.56 Å². The van der Waals surface area contributed by atoms with Gasteiger partial charge < -0.3 is 11.1 Å². The lowest BCUT2D eigenvalue weighted by atomic mass is 9.85. The van der Waals surface area contributed by atoms with E-state index >= 15 is 0 Å². The van der Waals surface area contributed by atoms with Gasteiger partial charge in [-0.2, -0.15) is 0 Å². The molecule has 0 radical (unpaired) electrons. The van der Waals surface area contributed by atoms with Gasteiger partial charge in [-0.3, -0.25) is 4.79 Å². The molecule has 0 spiro atoms. The van der Waals surface area contributed by atoms with Crippen molar-refractivity contribution in [3.63, 3.8) is 0 Å². The Kier molecular flexibility index (Phi) is 4.43. The van der Waals surface area contributed by atoms with Crippen LogP contribution in [0.4, 0.5) is 5.69 Å². The average Bonchev–Trinajstić information content (AvgIpc) is 2.90. The summed E-state index contributed by atoms with van der Waals surface area (Å²) in [6.45, 7) is 4.29. The molecular weight excluding hydrogens is 268 g/mol. The molecule has 2 rings (SSSR count). The Morgan fingerprint density at radius 3 is 2.25 bits per heavy atom. The highest BCUT2D eigenvalue weighted by Crippen LogP contribution is 2.39. The molecule has 0 aliphatic heterocycles. The van der Waals surface area contributed by atoms with Crippen molar-refractivity contribution in [1.82, 2.24) is 0 Å². The van der Waals surface area contributed by atoms with Crippen LogP contribution in [-0.2, 0) is 4.79 Å². The first-order chi connectivity index (χ1) is 9.45. The number of benzene rings is 1. The van der Waals surface area contributed by atoms with Crippen LogP contribution in [0.15, 0.2) is 24.3 Å². The van der Waals surface area contributed by atoms with Crippen molar-refractivity contribution in [3.8, 4) is 0 Å². The number of thiocarbonyl (C=S) groups is 1. The SMILES string of the molecule is CC(C)c1ccc(NC(=O)C2(C(N)=S)CCCC2)cc1. The fourth-order valence-electron chi connectivity index (χ4n) is 2.77. The smallest absolute Gasteiger partial charge is 0.237 e. The third-order valence-electron chi connectivity index (χ3n) is 4.20. The number of nitrogens with one attached hydrogen (secondary N) is 1. The first-order valence-electron chi connectivity index (χ1n) is 7.17. The standard InChI is InChI=1S/C16H22N2OS/c1-11(2)12-5-7-13(8-6-12)18-15(19)16(14(17)20)9-3-4-10-16/h5-8,11H,3-4,9-10H2,1-2H3,(H2,17,20)(H,18,19). The lowest BCUT2D eigenvalue weighted by molar-refractivity contribution is -0.122.